The number of H-pyrrole nitrogens is 1. The topological polar surface area (TPSA) is 101 Å². The number of aromatic amines is 1. The van der Waals surface area contributed by atoms with Gasteiger partial charge in [0.1, 0.15) is 5.82 Å². The van der Waals surface area contributed by atoms with E-state index in [4.69, 9.17) is 5.73 Å². The predicted molar refractivity (Wildman–Crippen MR) is 133 cm³/mol. The molecule has 2 aromatic carbocycles. The molecular weight excluding hydrogens is 424 g/mol. The number of anilines is 2. The second-order valence-electron chi connectivity index (χ2n) is 8.19. The summed E-state index contributed by atoms with van der Waals surface area (Å²) in [6.07, 6.45) is 1.57. The van der Waals surface area contributed by atoms with Crippen molar-refractivity contribution in [3.8, 4) is 0 Å². The zero-order valence-electron chi connectivity index (χ0n) is 18.8. The van der Waals surface area contributed by atoms with Crippen molar-refractivity contribution in [2.45, 2.75) is 45.1 Å². The van der Waals surface area contributed by atoms with Gasteiger partial charge in [-0.2, -0.15) is 0 Å². The molecule has 8 heteroatoms. The average Bonchev–Trinajstić information content (AvgIpc) is 2.76. The van der Waals surface area contributed by atoms with Crippen LogP contribution in [0, 0.1) is 5.92 Å². The number of benzene rings is 2. The van der Waals surface area contributed by atoms with Crippen LogP contribution in [0.3, 0.4) is 0 Å². The SMILES string of the molecule is CCCCN(C(=O)CSc1ccc2ccccc2c1)c1c(N)n(CC(C)C)c(=O)[nH]c1=O. The number of hydrogen-bond acceptors (Lipinski definition) is 5. The fourth-order valence-electron chi connectivity index (χ4n) is 3.54. The van der Waals surface area contributed by atoms with E-state index in [-0.39, 0.29) is 29.1 Å². The summed E-state index contributed by atoms with van der Waals surface area (Å²) in [6.45, 7) is 6.64. The average molecular weight is 455 g/mol. The Morgan fingerprint density at radius 3 is 2.56 bits per heavy atom. The maximum atomic E-state index is 13.2. The van der Waals surface area contributed by atoms with Gasteiger partial charge in [0.2, 0.25) is 5.91 Å². The number of nitrogens with two attached hydrogens (primary N) is 1. The van der Waals surface area contributed by atoms with Crippen LogP contribution in [0.15, 0.2) is 56.9 Å². The van der Waals surface area contributed by atoms with E-state index >= 15 is 0 Å². The number of hydrogen-bond donors (Lipinski definition) is 2. The number of rotatable bonds is 9. The van der Waals surface area contributed by atoms with Gasteiger partial charge in [-0.1, -0.05) is 57.5 Å². The number of nitrogen functional groups attached to an aromatic ring is 1. The standard InChI is InChI=1S/C24H30N4O3S/c1-4-5-12-27(21-22(25)28(14-16(2)3)24(31)26-23(21)30)20(29)15-32-19-11-10-17-8-6-7-9-18(17)13-19/h6-11,13,16H,4-5,12,14-15,25H2,1-3H3,(H,26,30,31). The van der Waals surface area contributed by atoms with Gasteiger partial charge in [0.05, 0.1) is 5.75 Å². The van der Waals surface area contributed by atoms with Crippen molar-refractivity contribution < 1.29 is 4.79 Å². The molecule has 1 aromatic heterocycles. The van der Waals surface area contributed by atoms with E-state index in [1.165, 1.54) is 21.2 Å². The van der Waals surface area contributed by atoms with Crippen LogP contribution in [-0.2, 0) is 11.3 Å². The number of nitrogens with zero attached hydrogens (tertiary/aromatic N) is 2. The summed E-state index contributed by atoms with van der Waals surface area (Å²) in [4.78, 5) is 42.9. The molecule has 170 valence electrons. The number of carbonyl (C=O) groups excluding carboxylic acids is 1. The fraction of sp³-hybridized carbons (Fsp3) is 0.375. The number of fused-ring (bicyclic) bond motifs is 1. The van der Waals surface area contributed by atoms with Crippen LogP contribution in [0.1, 0.15) is 33.6 Å². The first kappa shape index (κ1) is 23.7. The Morgan fingerprint density at radius 2 is 1.88 bits per heavy atom. The van der Waals surface area contributed by atoms with E-state index in [2.05, 4.69) is 4.98 Å². The smallest absolute Gasteiger partial charge is 0.330 e. The predicted octanol–water partition coefficient (Wildman–Crippen LogP) is 3.85. The van der Waals surface area contributed by atoms with E-state index < -0.39 is 11.2 Å². The molecule has 0 radical (unpaired) electrons. The summed E-state index contributed by atoms with van der Waals surface area (Å²) in [5, 5.41) is 2.24. The zero-order valence-corrected chi connectivity index (χ0v) is 19.6. The molecule has 3 rings (SSSR count). The minimum Gasteiger partial charge on any atom is -0.383 e. The number of amides is 1. The van der Waals surface area contributed by atoms with Crippen LogP contribution in [0.25, 0.3) is 10.8 Å². The van der Waals surface area contributed by atoms with Crippen LogP contribution < -0.4 is 21.9 Å². The van der Waals surface area contributed by atoms with E-state index in [1.54, 1.807) is 0 Å². The van der Waals surface area contributed by atoms with Gasteiger partial charge in [-0.3, -0.25) is 19.1 Å². The number of thioether (sulfide) groups is 1. The Labute approximate surface area is 191 Å². The summed E-state index contributed by atoms with van der Waals surface area (Å²) in [7, 11) is 0. The molecule has 32 heavy (non-hydrogen) atoms. The molecule has 3 aromatic rings. The van der Waals surface area contributed by atoms with Crippen molar-refractivity contribution in [2.24, 2.45) is 5.92 Å². The zero-order chi connectivity index (χ0) is 23.3. The Balaban J connectivity index is 1.89. The second-order valence-corrected chi connectivity index (χ2v) is 9.24. The molecule has 0 bridgehead atoms. The molecule has 0 atom stereocenters. The minimum atomic E-state index is -0.632. The molecule has 0 saturated heterocycles. The molecule has 0 unspecified atom stereocenters. The lowest BCUT2D eigenvalue weighted by Crippen LogP contribution is -2.42. The van der Waals surface area contributed by atoms with Crippen LogP contribution in [0.4, 0.5) is 11.5 Å². The monoisotopic (exact) mass is 454 g/mol. The Kier molecular flexibility index (Phi) is 7.80. The first-order chi connectivity index (χ1) is 15.3. The highest BCUT2D eigenvalue weighted by Crippen LogP contribution is 2.25. The normalized spacial score (nSPS) is 11.2. The molecule has 0 aliphatic rings. The Bertz CT molecular complexity index is 1220. The van der Waals surface area contributed by atoms with Crippen molar-refractivity contribution in [3.05, 3.63) is 63.3 Å². The third-order valence-corrected chi connectivity index (χ3v) is 6.13. The highest BCUT2D eigenvalue weighted by molar-refractivity contribution is 8.00. The van der Waals surface area contributed by atoms with Gasteiger partial charge in [0.25, 0.3) is 5.56 Å². The Hall–Kier alpha value is -3.00. The highest BCUT2D eigenvalue weighted by Gasteiger charge is 2.24. The molecule has 7 nitrogen and oxygen atoms in total. The molecule has 0 fully saturated rings. The second kappa shape index (κ2) is 10.5. The van der Waals surface area contributed by atoms with E-state index in [9.17, 15) is 14.4 Å². The summed E-state index contributed by atoms with van der Waals surface area (Å²) < 4.78 is 1.34. The third-order valence-electron chi connectivity index (χ3n) is 5.15. The number of carbonyl (C=O) groups is 1. The van der Waals surface area contributed by atoms with Crippen molar-refractivity contribution >= 4 is 39.9 Å². The molecule has 3 N–H and O–H groups in total. The molecule has 0 aliphatic heterocycles. The van der Waals surface area contributed by atoms with Gasteiger partial charge >= 0.3 is 5.69 Å². The fourth-order valence-corrected chi connectivity index (χ4v) is 4.36. The highest BCUT2D eigenvalue weighted by atomic mass is 32.2. The summed E-state index contributed by atoms with van der Waals surface area (Å²) in [5.41, 5.74) is 5.12. The van der Waals surface area contributed by atoms with Crippen molar-refractivity contribution in [3.63, 3.8) is 0 Å². The van der Waals surface area contributed by atoms with Gasteiger partial charge in [0.15, 0.2) is 5.69 Å². The van der Waals surface area contributed by atoms with E-state index in [0.717, 1.165) is 22.1 Å². The van der Waals surface area contributed by atoms with E-state index in [0.29, 0.717) is 19.5 Å². The first-order valence-corrected chi connectivity index (χ1v) is 11.8. The van der Waals surface area contributed by atoms with Crippen molar-refractivity contribution in [1.29, 1.82) is 0 Å². The number of aromatic nitrogens is 2. The van der Waals surface area contributed by atoms with Crippen LogP contribution in [-0.4, -0.2) is 27.8 Å². The van der Waals surface area contributed by atoms with Gasteiger partial charge in [-0.15, -0.1) is 11.8 Å². The van der Waals surface area contributed by atoms with E-state index in [1.807, 2.05) is 63.2 Å². The lowest BCUT2D eigenvalue weighted by atomic mass is 10.1. The lowest BCUT2D eigenvalue weighted by Gasteiger charge is -2.24. The number of unbranched alkanes of at least 4 members (excludes halogenated alkanes) is 1. The molecule has 0 saturated carbocycles. The third kappa shape index (κ3) is 5.43. The molecule has 1 amide bonds. The summed E-state index contributed by atoms with van der Waals surface area (Å²) in [6, 6.07) is 14.1. The maximum Gasteiger partial charge on any atom is 0.330 e. The van der Waals surface area contributed by atoms with Crippen molar-refractivity contribution in [2.75, 3.05) is 22.9 Å². The molecule has 1 heterocycles. The molecule has 0 aliphatic carbocycles. The van der Waals surface area contributed by atoms with Gasteiger partial charge in [0, 0.05) is 18.0 Å². The van der Waals surface area contributed by atoms with Crippen LogP contribution >= 0.6 is 11.8 Å². The van der Waals surface area contributed by atoms with Gasteiger partial charge < -0.3 is 10.6 Å². The first-order valence-electron chi connectivity index (χ1n) is 10.9. The largest absolute Gasteiger partial charge is 0.383 e. The van der Waals surface area contributed by atoms with Gasteiger partial charge in [-0.25, -0.2) is 4.79 Å². The minimum absolute atomic E-state index is 0.0348. The molecule has 0 spiro atoms. The maximum absolute atomic E-state index is 13.2. The number of nitrogens with one attached hydrogen (secondary N) is 1. The van der Waals surface area contributed by atoms with Gasteiger partial charge in [-0.05, 0) is 35.2 Å². The quantitative estimate of drug-likeness (QED) is 0.478. The lowest BCUT2D eigenvalue weighted by molar-refractivity contribution is -0.116. The summed E-state index contributed by atoms with van der Waals surface area (Å²) in [5.74, 6) is 0.123. The summed E-state index contributed by atoms with van der Waals surface area (Å²) >= 11 is 1.42. The van der Waals surface area contributed by atoms with Crippen LogP contribution in [0.2, 0.25) is 0 Å². The molecular formula is C24H30N4O3S. The Morgan fingerprint density at radius 1 is 1.16 bits per heavy atom. The van der Waals surface area contributed by atoms with Crippen LogP contribution in [0.5, 0.6) is 0 Å². The van der Waals surface area contributed by atoms with Crippen molar-refractivity contribution in [1.82, 2.24) is 9.55 Å².